The summed E-state index contributed by atoms with van der Waals surface area (Å²) in [5.41, 5.74) is 9.86. The Hall–Kier alpha value is -2.72. The number of nitrogen functional groups attached to an aromatic ring is 1. The minimum absolute atomic E-state index is 0.123. The van der Waals surface area contributed by atoms with Gasteiger partial charge in [-0.25, -0.2) is 0 Å². The molecule has 4 nitrogen and oxygen atoms in total. The second-order valence-corrected chi connectivity index (χ2v) is 6.29. The van der Waals surface area contributed by atoms with E-state index in [-0.39, 0.29) is 5.91 Å². The first-order chi connectivity index (χ1) is 11.6. The van der Waals surface area contributed by atoms with Crippen LogP contribution in [0.1, 0.15) is 21.6 Å². The zero-order chi connectivity index (χ0) is 16.7. The zero-order valence-electron chi connectivity index (χ0n) is 12.9. The molecule has 24 heavy (non-hydrogen) atoms. The maximum absolute atomic E-state index is 13.2. The minimum Gasteiger partial charge on any atom is -0.399 e. The monoisotopic (exact) mass is 337 g/mol. The lowest BCUT2D eigenvalue weighted by atomic mass is 10.1. The van der Waals surface area contributed by atoms with Gasteiger partial charge in [0.15, 0.2) is 0 Å². The van der Waals surface area contributed by atoms with Crippen molar-refractivity contribution in [1.29, 1.82) is 0 Å². The Morgan fingerprint density at radius 1 is 1.04 bits per heavy atom. The van der Waals surface area contributed by atoms with Gasteiger partial charge < -0.3 is 15.2 Å². The van der Waals surface area contributed by atoms with Gasteiger partial charge in [-0.05, 0) is 42.0 Å². The molecule has 0 unspecified atom stereocenters. The van der Waals surface area contributed by atoms with Crippen molar-refractivity contribution in [3.05, 3.63) is 82.6 Å². The van der Waals surface area contributed by atoms with Crippen LogP contribution in [0, 0.1) is 0 Å². The highest BCUT2D eigenvalue weighted by atomic mass is 35.5. The molecule has 2 heterocycles. The van der Waals surface area contributed by atoms with Gasteiger partial charge in [-0.15, -0.1) is 0 Å². The molecule has 0 radical (unpaired) electrons. The molecule has 0 spiro atoms. The number of halogens is 1. The van der Waals surface area contributed by atoms with Crippen LogP contribution in [0.4, 0.5) is 11.4 Å². The third kappa shape index (κ3) is 2.45. The van der Waals surface area contributed by atoms with Crippen LogP contribution in [0.3, 0.4) is 0 Å². The average molecular weight is 338 g/mol. The number of rotatable bonds is 1. The molecule has 0 aliphatic carbocycles. The van der Waals surface area contributed by atoms with E-state index in [0.29, 0.717) is 22.8 Å². The van der Waals surface area contributed by atoms with Crippen LogP contribution in [0.5, 0.6) is 0 Å². The fourth-order valence-corrected chi connectivity index (χ4v) is 3.39. The number of hydrogen-bond acceptors (Lipinski definition) is 2. The van der Waals surface area contributed by atoms with Crippen molar-refractivity contribution in [1.82, 2.24) is 4.57 Å². The minimum atomic E-state index is -0.123. The van der Waals surface area contributed by atoms with Crippen LogP contribution in [-0.2, 0) is 13.1 Å². The Morgan fingerprint density at radius 3 is 2.71 bits per heavy atom. The Bertz CT molecular complexity index is 932. The lowest BCUT2D eigenvalue weighted by molar-refractivity contribution is 0.0985. The fourth-order valence-electron chi connectivity index (χ4n) is 3.12. The first-order valence-electron chi connectivity index (χ1n) is 7.72. The average Bonchev–Trinajstić information content (AvgIpc) is 2.93. The number of amides is 1. The number of anilines is 2. The highest BCUT2D eigenvalue weighted by Crippen LogP contribution is 2.30. The van der Waals surface area contributed by atoms with E-state index in [4.69, 9.17) is 17.3 Å². The summed E-state index contributed by atoms with van der Waals surface area (Å²) in [6.45, 7) is 1.25. The topological polar surface area (TPSA) is 51.3 Å². The number of aromatic nitrogens is 1. The summed E-state index contributed by atoms with van der Waals surface area (Å²) in [7, 11) is 0. The SMILES string of the molecule is Nc1ccc(C(=O)N2Cc3cccn3Cc3ccccc32)c(Cl)c1. The van der Waals surface area contributed by atoms with Gasteiger partial charge in [0.05, 0.1) is 17.1 Å². The second kappa shape index (κ2) is 5.73. The Morgan fingerprint density at radius 2 is 1.88 bits per heavy atom. The molecule has 0 saturated carbocycles. The number of hydrogen-bond donors (Lipinski definition) is 1. The van der Waals surface area contributed by atoms with E-state index >= 15 is 0 Å². The Labute approximate surface area is 145 Å². The fraction of sp³-hybridized carbons (Fsp3) is 0.105. The summed E-state index contributed by atoms with van der Waals surface area (Å²) in [5, 5.41) is 0.372. The Balaban J connectivity index is 1.83. The standard InChI is InChI=1S/C19H16ClN3O/c20-17-10-14(21)7-8-16(17)19(24)23-12-15-5-3-9-22(15)11-13-4-1-2-6-18(13)23/h1-10H,11-12,21H2. The molecule has 2 aromatic carbocycles. The van der Waals surface area contributed by atoms with Gasteiger partial charge in [0.25, 0.3) is 5.91 Å². The van der Waals surface area contributed by atoms with E-state index in [9.17, 15) is 4.79 Å². The van der Waals surface area contributed by atoms with Crippen LogP contribution < -0.4 is 10.6 Å². The van der Waals surface area contributed by atoms with E-state index in [1.54, 1.807) is 23.1 Å². The molecular formula is C19H16ClN3O. The van der Waals surface area contributed by atoms with Gasteiger partial charge in [-0.3, -0.25) is 4.79 Å². The van der Waals surface area contributed by atoms with E-state index in [1.807, 2.05) is 36.5 Å². The van der Waals surface area contributed by atoms with E-state index in [2.05, 4.69) is 10.6 Å². The molecule has 5 heteroatoms. The molecule has 0 saturated heterocycles. The molecule has 0 bridgehead atoms. The summed E-state index contributed by atoms with van der Waals surface area (Å²) in [6.07, 6.45) is 2.04. The number of benzene rings is 2. The third-order valence-electron chi connectivity index (χ3n) is 4.34. The van der Waals surface area contributed by atoms with Crippen molar-refractivity contribution in [3.63, 3.8) is 0 Å². The molecule has 3 aromatic rings. The molecule has 1 amide bonds. The van der Waals surface area contributed by atoms with Crippen molar-refractivity contribution >= 4 is 28.9 Å². The maximum Gasteiger partial charge on any atom is 0.260 e. The van der Waals surface area contributed by atoms with Crippen LogP contribution in [0.2, 0.25) is 5.02 Å². The van der Waals surface area contributed by atoms with Gasteiger partial charge in [-0.1, -0.05) is 29.8 Å². The normalized spacial score (nSPS) is 13.1. The summed E-state index contributed by atoms with van der Waals surface area (Å²) in [5.74, 6) is -0.123. The lowest BCUT2D eigenvalue weighted by Gasteiger charge is -2.23. The maximum atomic E-state index is 13.2. The number of fused-ring (bicyclic) bond motifs is 2. The highest BCUT2D eigenvalue weighted by molar-refractivity contribution is 6.34. The predicted molar refractivity (Wildman–Crippen MR) is 96.4 cm³/mol. The van der Waals surface area contributed by atoms with Crippen LogP contribution in [-0.4, -0.2) is 10.5 Å². The van der Waals surface area contributed by atoms with Crippen molar-refractivity contribution in [2.45, 2.75) is 13.1 Å². The quantitative estimate of drug-likeness (QED) is 0.684. The van der Waals surface area contributed by atoms with Gasteiger partial charge in [0.1, 0.15) is 0 Å². The molecule has 120 valence electrons. The van der Waals surface area contributed by atoms with Crippen molar-refractivity contribution in [2.24, 2.45) is 0 Å². The first-order valence-corrected chi connectivity index (χ1v) is 8.10. The molecule has 2 N–H and O–H groups in total. The number of para-hydroxylation sites is 1. The molecule has 1 aliphatic heterocycles. The number of nitrogens with two attached hydrogens (primary N) is 1. The number of nitrogens with zero attached hydrogens (tertiary/aromatic N) is 2. The molecule has 0 atom stereocenters. The van der Waals surface area contributed by atoms with Crippen LogP contribution >= 0.6 is 11.6 Å². The highest BCUT2D eigenvalue weighted by Gasteiger charge is 2.25. The van der Waals surface area contributed by atoms with Gasteiger partial charge in [-0.2, -0.15) is 0 Å². The molecular weight excluding hydrogens is 322 g/mol. The van der Waals surface area contributed by atoms with Gasteiger partial charge in [0.2, 0.25) is 0 Å². The van der Waals surface area contributed by atoms with Crippen molar-refractivity contribution < 1.29 is 4.79 Å². The molecule has 1 aromatic heterocycles. The van der Waals surface area contributed by atoms with Crippen LogP contribution in [0.15, 0.2) is 60.8 Å². The van der Waals surface area contributed by atoms with Gasteiger partial charge in [0, 0.05) is 29.8 Å². The first kappa shape index (κ1) is 14.8. The largest absolute Gasteiger partial charge is 0.399 e. The van der Waals surface area contributed by atoms with E-state index in [0.717, 1.165) is 23.5 Å². The number of carbonyl (C=O) groups is 1. The van der Waals surface area contributed by atoms with E-state index < -0.39 is 0 Å². The Kier molecular flexibility index (Phi) is 3.54. The van der Waals surface area contributed by atoms with Gasteiger partial charge >= 0.3 is 0 Å². The third-order valence-corrected chi connectivity index (χ3v) is 4.65. The van der Waals surface area contributed by atoms with Crippen LogP contribution in [0.25, 0.3) is 0 Å². The molecule has 4 rings (SSSR count). The summed E-state index contributed by atoms with van der Waals surface area (Å²) in [4.78, 5) is 15.0. The van der Waals surface area contributed by atoms with Crippen molar-refractivity contribution in [2.75, 3.05) is 10.6 Å². The summed E-state index contributed by atoms with van der Waals surface area (Å²) < 4.78 is 2.16. The smallest absolute Gasteiger partial charge is 0.260 e. The van der Waals surface area contributed by atoms with E-state index in [1.165, 1.54) is 0 Å². The lowest BCUT2D eigenvalue weighted by Crippen LogP contribution is -2.30. The van der Waals surface area contributed by atoms with Crippen molar-refractivity contribution in [3.8, 4) is 0 Å². The zero-order valence-corrected chi connectivity index (χ0v) is 13.7. The summed E-state index contributed by atoms with van der Waals surface area (Å²) >= 11 is 6.26. The number of carbonyl (C=O) groups excluding carboxylic acids is 1. The second-order valence-electron chi connectivity index (χ2n) is 5.89. The summed E-state index contributed by atoms with van der Waals surface area (Å²) in [6, 6.07) is 17.0. The predicted octanol–water partition coefficient (Wildman–Crippen LogP) is 3.93. The molecule has 0 fully saturated rings. The molecule has 1 aliphatic rings.